The highest BCUT2D eigenvalue weighted by Crippen LogP contribution is 2.52. The fraction of sp³-hybridized carbons (Fsp3) is 0.457. The number of ether oxygens (including phenoxy) is 3. The standard InChI is InChI=1S/C35H43NO6S/c1-22-29(42-20-28(37)36-19-27(32(38)40-6)23-12-9-8-10-13-23)31(33(39)41-7)43-30(22)25-15-11-14-24(16-25)26-17-34(2,3)21-35(4,5)18-26/h8-16,26-27H,17-21H2,1-7H3,(H,36,37). The SMILES string of the molecule is COC(=O)c1sc(-c2cccc(C3CC(C)(C)CC(C)(C)C3)c2)c(C)c1OCC(=O)NCC(C(=O)OC)c1ccccc1. The average molecular weight is 606 g/mol. The monoisotopic (exact) mass is 605 g/mol. The van der Waals surface area contributed by atoms with Crippen LogP contribution < -0.4 is 10.1 Å². The number of amides is 1. The van der Waals surface area contributed by atoms with E-state index in [1.165, 1.54) is 37.5 Å². The van der Waals surface area contributed by atoms with Gasteiger partial charge < -0.3 is 19.5 Å². The Morgan fingerprint density at radius 3 is 2.26 bits per heavy atom. The van der Waals surface area contributed by atoms with Crippen LogP contribution in [0, 0.1) is 17.8 Å². The highest BCUT2D eigenvalue weighted by atomic mass is 32.1. The second kappa shape index (κ2) is 13.3. The minimum absolute atomic E-state index is 0.0537. The Hall–Kier alpha value is -3.65. The van der Waals surface area contributed by atoms with Crippen molar-refractivity contribution in [3.8, 4) is 16.2 Å². The lowest BCUT2D eigenvalue weighted by molar-refractivity contribution is -0.142. The van der Waals surface area contributed by atoms with Crippen molar-refractivity contribution in [3.63, 3.8) is 0 Å². The molecule has 1 N–H and O–H groups in total. The fourth-order valence-electron chi connectivity index (χ4n) is 6.76. The first-order chi connectivity index (χ1) is 20.3. The third-order valence-corrected chi connectivity index (χ3v) is 9.48. The molecule has 0 aliphatic heterocycles. The number of methoxy groups -OCH3 is 2. The van der Waals surface area contributed by atoms with E-state index in [0.29, 0.717) is 16.5 Å². The van der Waals surface area contributed by atoms with Crippen molar-refractivity contribution in [1.82, 2.24) is 5.32 Å². The molecule has 43 heavy (non-hydrogen) atoms. The minimum Gasteiger partial charge on any atom is -0.482 e. The van der Waals surface area contributed by atoms with Crippen molar-refractivity contribution in [3.05, 3.63) is 76.2 Å². The fourth-order valence-corrected chi connectivity index (χ4v) is 7.93. The summed E-state index contributed by atoms with van der Waals surface area (Å²) >= 11 is 1.31. The first kappa shape index (κ1) is 32.3. The highest BCUT2D eigenvalue weighted by Gasteiger charge is 2.39. The molecule has 230 valence electrons. The van der Waals surface area contributed by atoms with Crippen molar-refractivity contribution in [2.45, 2.75) is 65.7 Å². The lowest BCUT2D eigenvalue weighted by atomic mass is 9.60. The summed E-state index contributed by atoms with van der Waals surface area (Å²) in [4.78, 5) is 39.2. The molecule has 1 amide bonds. The Morgan fingerprint density at radius 1 is 0.953 bits per heavy atom. The molecular weight excluding hydrogens is 562 g/mol. The van der Waals surface area contributed by atoms with Crippen LogP contribution in [-0.2, 0) is 19.1 Å². The molecule has 1 heterocycles. The van der Waals surface area contributed by atoms with Gasteiger partial charge in [0.15, 0.2) is 11.5 Å². The molecule has 1 aromatic heterocycles. The smallest absolute Gasteiger partial charge is 0.351 e. The van der Waals surface area contributed by atoms with Gasteiger partial charge in [-0.1, -0.05) is 82.3 Å². The number of hydrogen-bond donors (Lipinski definition) is 1. The van der Waals surface area contributed by atoms with Crippen LogP contribution in [0.5, 0.6) is 5.75 Å². The number of carbonyl (C=O) groups excluding carboxylic acids is 3. The number of esters is 2. The largest absolute Gasteiger partial charge is 0.482 e. The molecule has 0 saturated heterocycles. The maximum Gasteiger partial charge on any atom is 0.351 e. The van der Waals surface area contributed by atoms with E-state index in [4.69, 9.17) is 14.2 Å². The van der Waals surface area contributed by atoms with E-state index in [-0.39, 0.29) is 24.0 Å². The van der Waals surface area contributed by atoms with Gasteiger partial charge >= 0.3 is 11.9 Å². The average Bonchev–Trinajstić information content (AvgIpc) is 3.30. The van der Waals surface area contributed by atoms with Gasteiger partial charge in [0.1, 0.15) is 5.75 Å². The van der Waals surface area contributed by atoms with Gasteiger partial charge in [-0.15, -0.1) is 11.3 Å². The molecule has 2 aromatic carbocycles. The molecule has 1 atom stereocenters. The van der Waals surface area contributed by atoms with Crippen LogP contribution in [0.1, 0.15) is 85.2 Å². The van der Waals surface area contributed by atoms with E-state index in [2.05, 4.69) is 57.3 Å². The maximum atomic E-state index is 12.8. The molecule has 4 rings (SSSR count). The lowest BCUT2D eigenvalue weighted by Gasteiger charge is -2.45. The van der Waals surface area contributed by atoms with E-state index in [1.54, 1.807) is 0 Å². The zero-order chi connectivity index (χ0) is 31.4. The molecule has 0 spiro atoms. The predicted molar refractivity (Wildman–Crippen MR) is 170 cm³/mol. The van der Waals surface area contributed by atoms with E-state index in [9.17, 15) is 14.4 Å². The molecule has 1 unspecified atom stereocenters. The summed E-state index contributed by atoms with van der Waals surface area (Å²) in [7, 11) is 2.65. The molecule has 7 nitrogen and oxygen atoms in total. The molecule has 8 heteroatoms. The highest BCUT2D eigenvalue weighted by molar-refractivity contribution is 7.18. The molecule has 1 saturated carbocycles. The number of thiophene rings is 1. The quantitative estimate of drug-likeness (QED) is 0.244. The lowest BCUT2D eigenvalue weighted by Crippen LogP contribution is -2.35. The Morgan fingerprint density at radius 2 is 1.63 bits per heavy atom. The maximum absolute atomic E-state index is 12.8. The number of nitrogens with one attached hydrogen (secondary N) is 1. The zero-order valence-electron chi connectivity index (χ0n) is 26.2. The van der Waals surface area contributed by atoms with Crippen molar-refractivity contribution < 1.29 is 28.6 Å². The van der Waals surface area contributed by atoms with Gasteiger partial charge in [0.25, 0.3) is 5.91 Å². The molecule has 3 aromatic rings. The number of hydrogen-bond acceptors (Lipinski definition) is 7. The van der Waals surface area contributed by atoms with Crippen LogP contribution in [0.2, 0.25) is 0 Å². The van der Waals surface area contributed by atoms with Crippen LogP contribution in [-0.4, -0.2) is 45.2 Å². The van der Waals surface area contributed by atoms with Crippen LogP contribution in [0.25, 0.3) is 10.4 Å². The summed E-state index contributed by atoms with van der Waals surface area (Å²) in [6.07, 6.45) is 3.45. The Kier molecular flexibility index (Phi) is 10.0. The first-order valence-corrected chi connectivity index (χ1v) is 15.5. The van der Waals surface area contributed by atoms with Crippen LogP contribution >= 0.6 is 11.3 Å². The summed E-state index contributed by atoms with van der Waals surface area (Å²) < 4.78 is 16.0. The van der Waals surface area contributed by atoms with E-state index < -0.39 is 23.8 Å². The Bertz CT molecular complexity index is 1440. The van der Waals surface area contributed by atoms with E-state index in [0.717, 1.165) is 34.4 Å². The van der Waals surface area contributed by atoms with Crippen LogP contribution in [0.3, 0.4) is 0 Å². The van der Waals surface area contributed by atoms with Gasteiger partial charge in [0, 0.05) is 17.0 Å². The summed E-state index contributed by atoms with van der Waals surface area (Å²) in [5.41, 5.74) is 4.35. The summed E-state index contributed by atoms with van der Waals surface area (Å²) in [5.74, 6) is -1.25. The molecule has 1 aliphatic rings. The number of carbonyl (C=O) groups is 3. The number of benzene rings is 2. The topological polar surface area (TPSA) is 90.9 Å². The van der Waals surface area contributed by atoms with E-state index in [1.807, 2.05) is 37.3 Å². The molecule has 0 radical (unpaired) electrons. The third kappa shape index (κ3) is 7.85. The van der Waals surface area contributed by atoms with Crippen molar-refractivity contribution in [1.29, 1.82) is 0 Å². The van der Waals surface area contributed by atoms with Gasteiger partial charge in [0.2, 0.25) is 0 Å². The Balaban J connectivity index is 1.53. The van der Waals surface area contributed by atoms with Gasteiger partial charge in [-0.2, -0.15) is 0 Å². The van der Waals surface area contributed by atoms with Crippen LogP contribution in [0.15, 0.2) is 54.6 Å². The minimum atomic E-state index is -0.650. The van der Waals surface area contributed by atoms with Crippen molar-refractivity contribution >= 4 is 29.2 Å². The molecule has 1 aliphatic carbocycles. The van der Waals surface area contributed by atoms with Gasteiger partial charge in [-0.3, -0.25) is 9.59 Å². The zero-order valence-corrected chi connectivity index (χ0v) is 27.1. The van der Waals surface area contributed by atoms with Crippen molar-refractivity contribution in [2.24, 2.45) is 10.8 Å². The molecule has 0 bridgehead atoms. The Labute approximate surface area is 258 Å². The number of rotatable bonds is 10. The van der Waals surface area contributed by atoms with E-state index >= 15 is 0 Å². The second-order valence-corrected chi connectivity index (χ2v) is 14.0. The van der Waals surface area contributed by atoms with Gasteiger partial charge in [0.05, 0.1) is 20.1 Å². The summed E-state index contributed by atoms with van der Waals surface area (Å²) in [6, 6.07) is 17.7. The third-order valence-electron chi connectivity index (χ3n) is 8.18. The first-order valence-electron chi connectivity index (χ1n) is 14.7. The summed E-state index contributed by atoms with van der Waals surface area (Å²) in [6.45, 7) is 11.0. The molecular formula is C35H43NO6S. The van der Waals surface area contributed by atoms with Gasteiger partial charge in [-0.05, 0) is 59.6 Å². The van der Waals surface area contributed by atoms with Crippen LogP contribution in [0.4, 0.5) is 0 Å². The second-order valence-electron chi connectivity index (χ2n) is 13.0. The summed E-state index contributed by atoms with van der Waals surface area (Å²) in [5, 5.41) is 2.77. The predicted octanol–water partition coefficient (Wildman–Crippen LogP) is 7.28. The normalized spacial score (nSPS) is 16.6. The molecule has 1 fully saturated rings. The van der Waals surface area contributed by atoms with Crippen molar-refractivity contribution in [2.75, 3.05) is 27.4 Å². The van der Waals surface area contributed by atoms with Gasteiger partial charge in [-0.25, -0.2) is 4.79 Å².